The van der Waals surface area contributed by atoms with Gasteiger partial charge in [-0.2, -0.15) is 0 Å². The lowest BCUT2D eigenvalue weighted by Crippen LogP contribution is -2.12. The summed E-state index contributed by atoms with van der Waals surface area (Å²) in [7, 11) is 3.05. The molecule has 12 heteroatoms. The van der Waals surface area contributed by atoms with Crippen molar-refractivity contribution in [3.63, 3.8) is 0 Å². The molecule has 0 fully saturated rings. The molecular weight excluding hydrogens is 656 g/mol. The molecule has 1 aliphatic heterocycles. The molecule has 3 aromatic carbocycles. The molecule has 2 aromatic heterocycles. The fraction of sp³-hybridized carbons (Fsp3) is 0.257. The predicted octanol–water partition coefficient (Wildman–Crippen LogP) is 7.32. The number of aliphatic imine (C=N–C) groups is 1. The topological polar surface area (TPSA) is 113 Å². The molecule has 0 unspecified atom stereocenters. The summed E-state index contributed by atoms with van der Waals surface area (Å²) in [5.74, 6) is 1.79. The van der Waals surface area contributed by atoms with Crippen molar-refractivity contribution in [1.29, 1.82) is 0 Å². The first-order chi connectivity index (χ1) is 22.5. The first-order valence-electron chi connectivity index (χ1n) is 15.1. The summed E-state index contributed by atoms with van der Waals surface area (Å²) >= 11 is 1.67. The molecule has 0 bridgehead atoms. The Labute approximate surface area is 282 Å². The number of methoxy groups -OCH3 is 1. The van der Waals surface area contributed by atoms with E-state index in [0.29, 0.717) is 12.4 Å². The number of esters is 1. The Morgan fingerprint density at radius 2 is 1.55 bits per heavy atom. The van der Waals surface area contributed by atoms with Crippen molar-refractivity contribution in [2.24, 2.45) is 4.99 Å². The van der Waals surface area contributed by atoms with Crippen LogP contribution in [-0.4, -0.2) is 48.6 Å². The van der Waals surface area contributed by atoms with Gasteiger partial charge in [0.05, 0.1) is 30.7 Å². The highest BCUT2D eigenvalue weighted by Crippen LogP contribution is 2.40. The molecule has 0 amide bonds. The fourth-order valence-electron chi connectivity index (χ4n) is 5.62. The van der Waals surface area contributed by atoms with Crippen molar-refractivity contribution in [2.45, 2.75) is 51.0 Å². The minimum Gasteiger partial charge on any atom is -0.494 e. The number of ether oxygens (including phenoxy) is 2. The van der Waals surface area contributed by atoms with Gasteiger partial charge >= 0.3 is 5.97 Å². The number of carbonyl (C=O) groups excluding carboxylic acids is 1. The van der Waals surface area contributed by atoms with E-state index in [1.807, 2.05) is 35.8 Å². The van der Waals surface area contributed by atoms with E-state index in [0.717, 1.165) is 68.5 Å². The van der Waals surface area contributed by atoms with Gasteiger partial charge in [0.15, 0.2) is 5.82 Å². The van der Waals surface area contributed by atoms with E-state index in [9.17, 15) is 13.2 Å². The van der Waals surface area contributed by atoms with Crippen LogP contribution in [0.4, 0.5) is 0 Å². The lowest BCUT2D eigenvalue weighted by molar-refractivity contribution is -0.141. The Hall–Kier alpha value is -4.32. The van der Waals surface area contributed by atoms with Crippen molar-refractivity contribution in [3.05, 3.63) is 112 Å². The van der Waals surface area contributed by atoms with Crippen molar-refractivity contribution >= 4 is 42.8 Å². The molecule has 242 valence electrons. The number of halogens is 1. The van der Waals surface area contributed by atoms with E-state index in [1.54, 1.807) is 23.5 Å². The zero-order chi connectivity index (χ0) is 33.3. The van der Waals surface area contributed by atoms with Gasteiger partial charge in [0.25, 0.3) is 9.05 Å². The lowest BCUT2D eigenvalue weighted by Gasteiger charge is -2.12. The van der Waals surface area contributed by atoms with Crippen LogP contribution in [0.5, 0.6) is 5.75 Å². The van der Waals surface area contributed by atoms with Gasteiger partial charge < -0.3 is 9.47 Å². The SMILES string of the molecule is COC(=O)C[C@@H]1N=C(c2ccc(-c3ccc(OCCCc4ccc(S(=O)(=O)Cl)cc4)cc3)cc2)c2c(sc(C)c2C)-n2c(C)nnc21. The molecule has 0 aliphatic carbocycles. The van der Waals surface area contributed by atoms with Gasteiger partial charge in [-0.25, -0.2) is 8.42 Å². The third-order valence-corrected chi connectivity index (χ3v) is 10.8. The number of carbonyl (C=O) groups is 1. The molecule has 0 saturated carbocycles. The average Bonchev–Trinajstić information content (AvgIpc) is 3.54. The van der Waals surface area contributed by atoms with Crippen LogP contribution < -0.4 is 4.74 Å². The maximum Gasteiger partial charge on any atom is 0.308 e. The zero-order valence-electron chi connectivity index (χ0n) is 26.4. The first kappa shape index (κ1) is 32.6. The lowest BCUT2D eigenvalue weighted by atomic mass is 9.97. The molecule has 47 heavy (non-hydrogen) atoms. The van der Waals surface area contributed by atoms with Gasteiger partial charge in [-0.05, 0) is 80.1 Å². The van der Waals surface area contributed by atoms with E-state index < -0.39 is 15.1 Å². The van der Waals surface area contributed by atoms with Crippen LogP contribution in [0.3, 0.4) is 0 Å². The molecule has 6 rings (SSSR count). The number of nitrogens with zero attached hydrogens (tertiary/aromatic N) is 4. The van der Waals surface area contributed by atoms with E-state index in [2.05, 4.69) is 48.3 Å². The zero-order valence-corrected chi connectivity index (χ0v) is 28.7. The summed E-state index contributed by atoms with van der Waals surface area (Å²) in [6.07, 6.45) is 1.60. The summed E-state index contributed by atoms with van der Waals surface area (Å²) in [5.41, 5.74) is 7.05. The van der Waals surface area contributed by atoms with Gasteiger partial charge in [0.1, 0.15) is 22.6 Å². The molecule has 1 atom stereocenters. The van der Waals surface area contributed by atoms with Gasteiger partial charge in [0.2, 0.25) is 0 Å². The Kier molecular flexibility index (Phi) is 9.32. The number of hydrogen-bond acceptors (Lipinski definition) is 9. The number of fused-ring (bicyclic) bond motifs is 3. The van der Waals surface area contributed by atoms with Crippen molar-refractivity contribution in [1.82, 2.24) is 14.8 Å². The maximum absolute atomic E-state index is 12.4. The summed E-state index contributed by atoms with van der Waals surface area (Å²) in [4.78, 5) is 18.8. The third-order valence-electron chi connectivity index (χ3n) is 8.26. The van der Waals surface area contributed by atoms with Crippen LogP contribution in [0.15, 0.2) is 82.7 Å². The molecule has 0 radical (unpaired) electrons. The van der Waals surface area contributed by atoms with Crippen LogP contribution in [0.2, 0.25) is 0 Å². The summed E-state index contributed by atoms with van der Waals surface area (Å²) in [5, 5.41) is 9.76. The van der Waals surface area contributed by atoms with Crippen molar-refractivity contribution < 1.29 is 22.7 Å². The largest absolute Gasteiger partial charge is 0.494 e. The normalized spacial score (nSPS) is 14.1. The van der Waals surface area contributed by atoms with Gasteiger partial charge in [0, 0.05) is 26.7 Å². The van der Waals surface area contributed by atoms with E-state index >= 15 is 0 Å². The monoisotopic (exact) mass is 688 g/mol. The highest BCUT2D eigenvalue weighted by molar-refractivity contribution is 8.13. The number of benzene rings is 3. The smallest absolute Gasteiger partial charge is 0.308 e. The molecule has 0 N–H and O–H groups in total. The van der Waals surface area contributed by atoms with Crippen LogP contribution >= 0.6 is 22.0 Å². The van der Waals surface area contributed by atoms with E-state index in [1.165, 1.54) is 24.1 Å². The number of thiophene rings is 1. The summed E-state index contributed by atoms with van der Waals surface area (Å²) in [6, 6.07) is 22.3. The number of aromatic nitrogens is 3. The molecule has 3 heterocycles. The molecular formula is C35H33ClN4O5S2. The number of rotatable bonds is 10. The van der Waals surface area contributed by atoms with Gasteiger partial charge in [-0.1, -0.05) is 48.5 Å². The van der Waals surface area contributed by atoms with E-state index in [-0.39, 0.29) is 17.3 Å². The Balaban J connectivity index is 1.17. The molecule has 0 spiro atoms. The van der Waals surface area contributed by atoms with Crippen LogP contribution in [0.1, 0.15) is 57.7 Å². The molecule has 1 aliphatic rings. The fourth-order valence-corrected chi connectivity index (χ4v) is 7.60. The Morgan fingerprint density at radius 1 is 0.915 bits per heavy atom. The van der Waals surface area contributed by atoms with Gasteiger partial charge in [-0.15, -0.1) is 21.5 Å². The second-order valence-electron chi connectivity index (χ2n) is 11.3. The average molecular weight is 689 g/mol. The molecule has 5 aromatic rings. The van der Waals surface area contributed by atoms with Crippen LogP contribution in [0.25, 0.3) is 16.1 Å². The Morgan fingerprint density at radius 3 is 2.19 bits per heavy atom. The highest BCUT2D eigenvalue weighted by Gasteiger charge is 2.32. The summed E-state index contributed by atoms with van der Waals surface area (Å²) < 4.78 is 35.8. The second-order valence-corrected chi connectivity index (χ2v) is 15.1. The van der Waals surface area contributed by atoms with Crippen LogP contribution in [0, 0.1) is 20.8 Å². The van der Waals surface area contributed by atoms with E-state index in [4.69, 9.17) is 25.1 Å². The second kappa shape index (κ2) is 13.4. The Bertz CT molecular complexity index is 2070. The predicted molar refractivity (Wildman–Crippen MR) is 184 cm³/mol. The summed E-state index contributed by atoms with van der Waals surface area (Å²) in [6.45, 7) is 6.65. The third kappa shape index (κ3) is 6.88. The number of hydrogen-bond donors (Lipinski definition) is 0. The quantitative estimate of drug-likeness (QED) is 0.0859. The maximum atomic E-state index is 12.4. The minimum absolute atomic E-state index is 0.0612. The molecule has 9 nitrogen and oxygen atoms in total. The standard InChI is InChI=1S/C35H33ClN4O5S2/c1-21-22(2)46-35-32(21)33(37-30(20-31(41)44-4)34-39-38-23(3)40(34)35)27-11-9-25(10-12-27)26-13-15-28(16-14-26)45-19-5-6-24-7-17-29(18-8-24)47(36,42)43/h7-18,30H,5-6,19-20H2,1-4H3/t30-/m0/s1. The van der Waals surface area contributed by atoms with Crippen LogP contribution in [-0.2, 0) is 25.0 Å². The first-order valence-corrected chi connectivity index (χ1v) is 18.2. The number of aryl methyl sites for hydroxylation is 3. The van der Waals surface area contributed by atoms with Gasteiger partial charge in [-0.3, -0.25) is 14.4 Å². The van der Waals surface area contributed by atoms with Crippen molar-refractivity contribution in [2.75, 3.05) is 13.7 Å². The molecule has 0 saturated heterocycles. The minimum atomic E-state index is -3.72. The van der Waals surface area contributed by atoms with Crippen molar-refractivity contribution in [3.8, 4) is 21.9 Å². The highest BCUT2D eigenvalue weighted by atomic mass is 35.7.